The quantitative estimate of drug-likeness (QED) is 0.232. The molecule has 36 heavy (non-hydrogen) atoms. The number of thioether (sulfide) groups is 1. The Bertz CT molecular complexity index is 1410. The van der Waals surface area contributed by atoms with Gasteiger partial charge in [0.2, 0.25) is 0 Å². The van der Waals surface area contributed by atoms with Gasteiger partial charge in [-0.15, -0.1) is 0 Å². The predicted molar refractivity (Wildman–Crippen MR) is 144 cm³/mol. The first kappa shape index (κ1) is 25.3. The van der Waals surface area contributed by atoms with E-state index in [4.69, 9.17) is 14.5 Å². The minimum absolute atomic E-state index is 0.0797. The summed E-state index contributed by atoms with van der Waals surface area (Å²) in [7, 11) is 3.14. The number of benzene rings is 3. The van der Waals surface area contributed by atoms with E-state index in [1.165, 1.54) is 11.8 Å². The van der Waals surface area contributed by atoms with Crippen molar-refractivity contribution in [1.29, 1.82) is 0 Å². The fraction of sp³-hybridized carbons (Fsp3) is 0.250. The van der Waals surface area contributed by atoms with Crippen LogP contribution in [0.5, 0.6) is 11.5 Å². The topological polar surface area (TPSA) is 73.7 Å². The first-order chi connectivity index (χ1) is 17.5. The van der Waals surface area contributed by atoms with Crippen molar-refractivity contribution < 1.29 is 14.3 Å². The molecule has 3 aromatic carbocycles. The third kappa shape index (κ3) is 5.23. The van der Waals surface area contributed by atoms with Crippen molar-refractivity contribution in [2.75, 3.05) is 27.3 Å². The summed E-state index contributed by atoms with van der Waals surface area (Å²) < 4.78 is 12.4. The summed E-state index contributed by atoms with van der Waals surface area (Å²) in [5, 5.41) is 0.941. The Balaban J connectivity index is 1.89. The second kappa shape index (κ2) is 11.3. The zero-order chi connectivity index (χ0) is 25.7. The number of fused-ring (bicyclic) bond motifs is 1. The van der Waals surface area contributed by atoms with Crippen LogP contribution in [-0.2, 0) is 5.75 Å². The average Bonchev–Trinajstić information content (AvgIpc) is 2.92. The van der Waals surface area contributed by atoms with Gasteiger partial charge in [-0.2, -0.15) is 0 Å². The maximum Gasteiger partial charge on any atom is 0.266 e. The maximum atomic E-state index is 13.8. The van der Waals surface area contributed by atoms with Crippen molar-refractivity contribution in [3.05, 3.63) is 88.2 Å². The second-order valence-corrected chi connectivity index (χ2v) is 9.03. The minimum Gasteiger partial charge on any atom is -0.497 e. The lowest BCUT2D eigenvalue weighted by atomic mass is 10.1. The van der Waals surface area contributed by atoms with E-state index in [-0.39, 0.29) is 11.5 Å². The summed E-state index contributed by atoms with van der Waals surface area (Å²) >= 11 is 1.46. The van der Waals surface area contributed by atoms with Crippen LogP contribution in [-0.4, -0.2) is 47.7 Å². The molecule has 8 heteroatoms. The van der Waals surface area contributed by atoms with Crippen LogP contribution in [0.1, 0.15) is 29.8 Å². The van der Waals surface area contributed by atoms with Crippen LogP contribution >= 0.6 is 11.8 Å². The van der Waals surface area contributed by atoms with Crippen LogP contribution in [0, 0.1) is 0 Å². The average molecular weight is 504 g/mol. The number of aromatic nitrogens is 2. The van der Waals surface area contributed by atoms with Crippen LogP contribution in [0.4, 0.5) is 0 Å². The number of hydrogen-bond donors (Lipinski definition) is 0. The van der Waals surface area contributed by atoms with E-state index in [0.717, 1.165) is 5.56 Å². The Morgan fingerprint density at radius 3 is 2.22 bits per heavy atom. The Labute approximate surface area is 214 Å². The number of ether oxygens (including phenoxy) is 2. The highest BCUT2D eigenvalue weighted by atomic mass is 32.2. The van der Waals surface area contributed by atoms with Crippen LogP contribution in [0.15, 0.2) is 76.7 Å². The number of nitrogens with zero attached hydrogens (tertiary/aromatic N) is 3. The van der Waals surface area contributed by atoms with Gasteiger partial charge in [-0.3, -0.25) is 14.2 Å². The standard InChI is InChI=1S/C28H29N3O4S/c1-5-30(6-2)26(32)20-12-13-24-25(14-20)29-28(36-18-19-10-8-7-9-11-19)31(27(24)33)21-15-22(34-3)17-23(16-21)35-4/h7-17H,5-6,18H2,1-4H3. The fourth-order valence-electron chi connectivity index (χ4n) is 3.96. The fourth-order valence-corrected chi connectivity index (χ4v) is 4.93. The van der Waals surface area contributed by atoms with Crippen molar-refractivity contribution >= 4 is 28.6 Å². The Morgan fingerprint density at radius 1 is 0.944 bits per heavy atom. The highest BCUT2D eigenvalue weighted by Crippen LogP contribution is 2.29. The molecule has 0 spiro atoms. The van der Waals surface area contributed by atoms with Crippen molar-refractivity contribution in [3.8, 4) is 17.2 Å². The predicted octanol–water partition coefficient (Wildman–Crippen LogP) is 5.18. The molecule has 1 amide bonds. The molecule has 0 fully saturated rings. The number of methoxy groups -OCH3 is 2. The van der Waals surface area contributed by atoms with Gasteiger partial charge in [0.05, 0.1) is 30.8 Å². The van der Waals surface area contributed by atoms with Gasteiger partial charge in [0.15, 0.2) is 5.16 Å². The first-order valence-electron chi connectivity index (χ1n) is 11.7. The van der Waals surface area contributed by atoms with Gasteiger partial charge in [0, 0.05) is 42.6 Å². The Morgan fingerprint density at radius 2 is 1.61 bits per heavy atom. The number of amides is 1. The molecule has 0 bridgehead atoms. The molecule has 186 valence electrons. The molecular formula is C28H29N3O4S. The largest absolute Gasteiger partial charge is 0.497 e. The normalized spacial score (nSPS) is 10.9. The van der Waals surface area contributed by atoms with E-state index in [2.05, 4.69) is 0 Å². The van der Waals surface area contributed by atoms with Gasteiger partial charge >= 0.3 is 0 Å². The summed E-state index contributed by atoms with van der Waals surface area (Å²) in [6.07, 6.45) is 0. The molecule has 0 aliphatic carbocycles. The molecule has 0 atom stereocenters. The number of rotatable bonds is 9. The monoisotopic (exact) mass is 503 g/mol. The lowest BCUT2D eigenvalue weighted by molar-refractivity contribution is 0.0773. The molecule has 4 rings (SSSR count). The molecule has 1 aromatic heterocycles. The van der Waals surface area contributed by atoms with Gasteiger partial charge in [0.25, 0.3) is 11.5 Å². The minimum atomic E-state index is -0.229. The summed E-state index contributed by atoms with van der Waals surface area (Å²) in [6.45, 7) is 5.11. The summed E-state index contributed by atoms with van der Waals surface area (Å²) in [5.41, 5.74) is 2.46. The van der Waals surface area contributed by atoms with Crippen molar-refractivity contribution in [1.82, 2.24) is 14.5 Å². The Kier molecular flexibility index (Phi) is 7.95. The van der Waals surface area contributed by atoms with Gasteiger partial charge in [-0.05, 0) is 37.6 Å². The second-order valence-electron chi connectivity index (χ2n) is 8.09. The summed E-state index contributed by atoms with van der Waals surface area (Å²) in [5.74, 6) is 1.67. The molecule has 0 N–H and O–H groups in total. The third-order valence-corrected chi connectivity index (χ3v) is 6.95. The van der Waals surface area contributed by atoms with E-state index in [9.17, 15) is 9.59 Å². The molecule has 4 aromatic rings. The van der Waals surface area contributed by atoms with Gasteiger partial charge in [-0.25, -0.2) is 4.98 Å². The van der Waals surface area contributed by atoms with E-state index < -0.39 is 0 Å². The first-order valence-corrected chi connectivity index (χ1v) is 12.7. The summed E-state index contributed by atoms with van der Waals surface area (Å²) in [6, 6.07) is 20.4. The van der Waals surface area contributed by atoms with Gasteiger partial charge < -0.3 is 14.4 Å². The molecular weight excluding hydrogens is 474 g/mol. The van der Waals surface area contributed by atoms with Crippen LogP contribution in [0.3, 0.4) is 0 Å². The van der Waals surface area contributed by atoms with Gasteiger partial charge in [-0.1, -0.05) is 42.1 Å². The number of carbonyl (C=O) groups excluding carboxylic acids is 1. The van der Waals surface area contributed by atoms with Crippen LogP contribution in [0.25, 0.3) is 16.6 Å². The smallest absolute Gasteiger partial charge is 0.266 e. The van der Waals surface area contributed by atoms with Crippen molar-refractivity contribution in [3.63, 3.8) is 0 Å². The van der Waals surface area contributed by atoms with E-state index in [0.29, 0.717) is 57.7 Å². The van der Waals surface area contributed by atoms with Crippen LogP contribution < -0.4 is 15.0 Å². The van der Waals surface area contributed by atoms with Crippen LogP contribution in [0.2, 0.25) is 0 Å². The highest BCUT2D eigenvalue weighted by molar-refractivity contribution is 7.98. The molecule has 7 nitrogen and oxygen atoms in total. The molecule has 1 heterocycles. The van der Waals surface area contributed by atoms with Gasteiger partial charge in [0.1, 0.15) is 11.5 Å². The Hall–Kier alpha value is -3.78. The SMILES string of the molecule is CCN(CC)C(=O)c1ccc2c(=O)n(-c3cc(OC)cc(OC)c3)c(SCc3ccccc3)nc2c1. The van der Waals surface area contributed by atoms with E-state index >= 15 is 0 Å². The molecule has 0 saturated carbocycles. The summed E-state index contributed by atoms with van der Waals surface area (Å²) in [4.78, 5) is 33.4. The van der Waals surface area contributed by atoms with Crippen molar-refractivity contribution in [2.45, 2.75) is 24.8 Å². The molecule has 0 saturated heterocycles. The number of carbonyl (C=O) groups is 1. The molecule has 0 aliphatic heterocycles. The highest BCUT2D eigenvalue weighted by Gasteiger charge is 2.18. The lowest BCUT2D eigenvalue weighted by Crippen LogP contribution is -2.30. The van der Waals surface area contributed by atoms with E-state index in [1.54, 1.807) is 60.1 Å². The zero-order valence-electron chi connectivity index (χ0n) is 20.9. The zero-order valence-corrected chi connectivity index (χ0v) is 21.7. The van der Waals surface area contributed by atoms with Crippen molar-refractivity contribution in [2.24, 2.45) is 0 Å². The van der Waals surface area contributed by atoms with E-state index in [1.807, 2.05) is 44.2 Å². The third-order valence-electron chi connectivity index (χ3n) is 5.94. The maximum absolute atomic E-state index is 13.8. The number of hydrogen-bond acceptors (Lipinski definition) is 6. The molecule has 0 aliphatic rings. The molecule has 0 unspecified atom stereocenters. The molecule has 0 radical (unpaired) electrons. The lowest BCUT2D eigenvalue weighted by Gasteiger charge is -2.19.